The molecule has 1 heterocycles. The Hall–Kier alpha value is -1.23. The highest BCUT2D eigenvalue weighted by Crippen LogP contribution is 2.30. The van der Waals surface area contributed by atoms with Crippen molar-refractivity contribution in [3.05, 3.63) is 17.5 Å². The Labute approximate surface area is 98.8 Å². The predicted octanol–water partition coefficient (Wildman–Crippen LogP) is 3.64. The van der Waals surface area contributed by atoms with Crippen LogP contribution in [0.15, 0.2) is 6.20 Å². The number of unbranched alkanes of at least 4 members (excludes halogenated alkanes) is 3. The molecule has 2 nitrogen and oxygen atoms in total. The molecule has 0 atom stereocenters. The molecule has 16 heavy (non-hydrogen) atoms. The van der Waals surface area contributed by atoms with Crippen molar-refractivity contribution in [1.82, 2.24) is 10.2 Å². The van der Waals surface area contributed by atoms with Gasteiger partial charge in [0.05, 0.1) is 0 Å². The lowest BCUT2D eigenvalue weighted by Crippen LogP contribution is -2.17. The molecule has 0 radical (unpaired) electrons. The largest absolute Gasteiger partial charge is 0.284 e. The van der Waals surface area contributed by atoms with E-state index in [2.05, 4.69) is 36.9 Å². The third-order valence-electron chi connectivity index (χ3n) is 3.16. The van der Waals surface area contributed by atoms with E-state index in [0.29, 0.717) is 0 Å². The van der Waals surface area contributed by atoms with E-state index in [1.54, 1.807) is 0 Å². The van der Waals surface area contributed by atoms with Crippen LogP contribution in [0.1, 0.15) is 64.1 Å². The van der Waals surface area contributed by atoms with Gasteiger partial charge in [-0.3, -0.25) is 5.10 Å². The van der Waals surface area contributed by atoms with Gasteiger partial charge in [0.25, 0.3) is 0 Å². The summed E-state index contributed by atoms with van der Waals surface area (Å²) in [4.78, 5) is 0. The molecule has 0 aliphatic carbocycles. The van der Waals surface area contributed by atoms with Crippen molar-refractivity contribution in [2.75, 3.05) is 0 Å². The average molecular weight is 218 g/mol. The molecule has 1 N–H and O–H groups in total. The van der Waals surface area contributed by atoms with Crippen LogP contribution in [-0.2, 0) is 5.41 Å². The van der Waals surface area contributed by atoms with Gasteiger partial charge in [0.2, 0.25) is 0 Å². The van der Waals surface area contributed by atoms with Crippen LogP contribution in [0.3, 0.4) is 0 Å². The quantitative estimate of drug-likeness (QED) is 0.573. The molecule has 1 rings (SSSR count). The molecule has 0 fully saturated rings. The van der Waals surface area contributed by atoms with E-state index in [0.717, 1.165) is 5.69 Å². The molecule has 1 aromatic heterocycles. The summed E-state index contributed by atoms with van der Waals surface area (Å²) in [5.41, 5.74) is 2.06. The minimum absolute atomic E-state index is 0.127. The maximum atomic E-state index is 5.44. The van der Waals surface area contributed by atoms with Gasteiger partial charge in [-0.15, -0.1) is 6.42 Å². The molecular formula is C14H22N2. The lowest BCUT2D eigenvalue weighted by atomic mass is 9.80. The summed E-state index contributed by atoms with van der Waals surface area (Å²) in [6.45, 7) is 6.72. The van der Waals surface area contributed by atoms with Crippen molar-refractivity contribution in [2.24, 2.45) is 0 Å². The molecule has 0 amide bonds. The standard InChI is InChI=1S/C14H22N2/c1-5-7-8-9-10-14(3,4)12-11-15-16-13(12)6-2/h2,11H,5,7-10H2,1,3-4H3,(H,15,16). The van der Waals surface area contributed by atoms with Gasteiger partial charge in [0.15, 0.2) is 0 Å². The van der Waals surface area contributed by atoms with E-state index >= 15 is 0 Å². The maximum absolute atomic E-state index is 5.44. The lowest BCUT2D eigenvalue weighted by molar-refractivity contribution is 0.445. The minimum Gasteiger partial charge on any atom is -0.284 e. The van der Waals surface area contributed by atoms with Crippen LogP contribution in [-0.4, -0.2) is 10.2 Å². The van der Waals surface area contributed by atoms with Crippen LogP contribution in [0.4, 0.5) is 0 Å². The summed E-state index contributed by atoms with van der Waals surface area (Å²) >= 11 is 0. The molecule has 0 saturated carbocycles. The molecule has 0 aliphatic heterocycles. The second kappa shape index (κ2) is 5.75. The number of aromatic nitrogens is 2. The van der Waals surface area contributed by atoms with Gasteiger partial charge in [0, 0.05) is 11.8 Å². The maximum Gasteiger partial charge on any atom is 0.138 e. The number of rotatable bonds is 6. The number of nitrogens with zero attached hydrogens (tertiary/aromatic N) is 1. The van der Waals surface area contributed by atoms with E-state index in [1.165, 1.54) is 37.7 Å². The molecule has 0 aromatic carbocycles. The normalized spacial score (nSPS) is 11.4. The van der Waals surface area contributed by atoms with Gasteiger partial charge in [-0.2, -0.15) is 5.10 Å². The Balaban J connectivity index is 2.60. The zero-order valence-electron chi connectivity index (χ0n) is 10.6. The third-order valence-corrected chi connectivity index (χ3v) is 3.16. The summed E-state index contributed by atoms with van der Waals surface area (Å²) in [6.07, 6.45) is 13.7. The number of nitrogens with one attached hydrogen (secondary N) is 1. The Kier molecular flexibility index (Phi) is 4.61. The highest BCUT2D eigenvalue weighted by atomic mass is 15.1. The second-order valence-electron chi connectivity index (χ2n) is 4.99. The summed E-state index contributed by atoms with van der Waals surface area (Å²) in [6, 6.07) is 0. The molecule has 0 unspecified atom stereocenters. The highest BCUT2D eigenvalue weighted by Gasteiger charge is 2.24. The average Bonchev–Trinajstić information content (AvgIpc) is 2.73. The van der Waals surface area contributed by atoms with Crippen LogP contribution in [0.25, 0.3) is 0 Å². The fraction of sp³-hybridized carbons (Fsp3) is 0.643. The van der Waals surface area contributed by atoms with Crippen molar-refractivity contribution >= 4 is 0 Å². The van der Waals surface area contributed by atoms with Crippen molar-refractivity contribution in [3.63, 3.8) is 0 Å². The van der Waals surface area contributed by atoms with Crippen LogP contribution in [0.2, 0.25) is 0 Å². The smallest absolute Gasteiger partial charge is 0.138 e. The summed E-state index contributed by atoms with van der Waals surface area (Å²) in [7, 11) is 0. The first kappa shape index (κ1) is 12.8. The Morgan fingerprint density at radius 3 is 2.75 bits per heavy atom. The molecule has 1 aromatic rings. The fourth-order valence-corrected chi connectivity index (χ4v) is 2.04. The topological polar surface area (TPSA) is 28.7 Å². The summed E-state index contributed by atoms with van der Waals surface area (Å²) < 4.78 is 0. The third kappa shape index (κ3) is 3.13. The van der Waals surface area contributed by atoms with Gasteiger partial charge in [-0.05, 0) is 17.8 Å². The zero-order chi connectivity index (χ0) is 12.0. The molecule has 2 heteroatoms. The van der Waals surface area contributed by atoms with Crippen molar-refractivity contribution in [1.29, 1.82) is 0 Å². The van der Waals surface area contributed by atoms with Gasteiger partial charge in [-0.25, -0.2) is 0 Å². The van der Waals surface area contributed by atoms with Crippen LogP contribution >= 0.6 is 0 Å². The van der Waals surface area contributed by atoms with Crippen molar-refractivity contribution in [2.45, 2.75) is 58.3 Å². The molecule has 0 spiro atoms. The summed E-state index contributed by atoms with van der Waals surface area (Å²) in [5, 5.41) is 6.95. The Bertz CT molecular complexity index is 355. The van der Waals surface area contributed by atoms with E-state index in [4.69, 9.17) is 6.42 Å². The zero-order valence-corrected chi connectivity index (χ0v) is 10.6. The number of aromatic amines is 1. The highest BCUT2D eigenvalue weighted by molar-refractivity contribution is 5.36. The van der Waals surface area contributed by atoms with E-state index in [1.807, 2.05) is 6.20 Å². The van der Waals surface area contributed by atoms with Crippen molar-refractivity contribution < 1.29 is 0 Å². The first-order valence-corrected chi connectivity index (χ1v) is 6.12. The fourth-order valence-electron chi connectivity index (χ4n) is 2.04. The Morgan fingerprint density at radius 2 is 2.12 bits per heavy atom. The van der Waals surface area contributed by atoms with Crippen LogP contribution in [0.5, 0.6) is 0 Å². The first-order chi connectivity index (χ1) is 7.61. The first-order valence-electron chi connectivity index (χ1n) is 6.12. The summed E-state index contributed by atoms with van der Waals surface area (Å²) in [5.74, 6) is 2.64. The monoisotopic (exact) mass is 218 g/mol. The van der Waals surface area contributed by atoms with Crippen LogP contribution < -0.4 is 0 Å². The van der Waals surface area contributed by atoms with Gasteiger partial charge >= 0.3 is 0 Å². The molecular weight excluding hydrogens is 196 g/mol. The number of hydrogen-bond donors (Lipinski definition) is 1. The molecule has 0 saturated heterocycles. The van der Waals surface area contributed by atoms with Gasteiger partial charge in [-0.1, -0.05) is 46.5 Å². The SMILES string of the molecule is C#Cc1n[nH]cc1C(C)(C)CCCCCC. The van der Waals surface area contributed by atoms with E-state index in [-0.39, 0.29) is 5.41 Å². The van der Waals surface area contributed by atoms with Gasteiger partial charge < -0.3 is 0 Å². The van der Waals surface area contributed by atoms with E-state index in [9.17, 15) is 0 Å². The minimum atomic E-state index is 0.127. The Morgan fingerprint density at radius 1 is 1.38 bits per heavy atom. The van der Waals surface area contributed by atoms with Gasteiger partial charge in [0.1, 0.15) is 5.69 Å². The van der Waals surface area contributed by atoms with Crippen LogP contribution in [0, 0.1) is 12.3 Å². The predicted molar refractivity (Wildman–Crippen MR) is 68.3 cm³/mol. The number of terminal acetylenes is 1. The number of hydrogen-bond acceptors (Lipinski definition) is 1. The number of H-pyrrole nitrogens is 1. The second-order valence-corrected chi connectivity index (χ2v) is 4.99. The van der Waals surface area contributed by atoms with Crippen molar-refractivity contribution in [3.8, 4) is 12.3 Å². The molecule has 0 bridgehead atoms. The van der Waals surface area contributed by atoms with E-state index < -0.39 is 0 Å². The lowest BCUT2D eigenvalue weighted by Gasteiger charge is -2.23. The molecule has 0 aliphatic rings. The molecule has 88 valence electrons.